The van der Waals surface area contributed by atoms with E-state index in [0.717, 1.165) is 18.4 Å². The Kier molecular flexibility index (Phi) is 5.38. The summed E-state index contributed by atoms with van der Waals surface area (Å²) in [5.74, 6) is 0.359. The van der Waals surface area contributed by atoms with Gasteiger partial charge in [-0.3, -0.25) is 14.5 Å². The van der Waals surface area contributed by atoms with Gasteiger partial charge in [0.05, 0.1) is 6.26 Å². The van der Waals surface area contributed by atoms with E-state index in [4.69, 9.17) is 4.42 Å². The highest BCUT2D eigenvalue weighted by molar-refractivity contribution is 6.07. The third kappa shape index (κ3) is 3.90. The molecule has 0 radical (unpaired) electrons. The van der Waals surface area contributed by atoms with Gasteiger partial charge in [0, 0.05) is 13.0 Å². The fourth-order valence-corrected chi connectivity index (χ4v) is 4.25. The highest BCUT2D eigenvalue weighted by Crippen LogP contribution is 2.35. The van der Waals surface area contributed by atoms with Crippen molar-refractivity contribution in [1.82, 2.24) is 15.5 Å². The van der Waals surface area contributed by atoms with Crippen LogP contribution < -0.4 is 10.6 Å². The first-order valence-corrected chi connectivity index (χ1v) is 10.1. The first kappa shape index (κ1) is 19.2. The molecule has 0 unspecified atom stereocenters. The Labute approximate surface area is 169 Å². The van der Waals surface area contributed by atoms with Crippen LogP contribution in [0.2, 0.25) is 0 Å². The topological polar surface area (TPSA) is 91.7 Å². The van der Waals surface area contributed by atoms with Crippen LogP contribution in [-0.4, -0.2) is 34.8 Å². The highest BCUT2D eigenvalue weighted by atomic mass is 16.3. The summed E-state index contributed by atoms with van der Waals surface area (Å²) in [6.45, 7) is 0.247. The second kappa shape index (κ2) is 8.11. The van der Waals surface area contributed by atoms with Gasteiger partial charge in [-0.1, -0.05) is 43.2 Å². The molecule has 1 spiro atoms. The van der Waals surface area contributed by atoms with Crippen molar-refractivity contribution in [3.8, 4) is 0 Å². The molecule has 152 valence electrons. The van der Waals surface area contributed by atoms with Crippen LogP contribution in [-0.2, 0) is 9.59 Å². The number of amides is 4. The van der Waals surface area contributed by atoms with Crippen LogP contribution in [0.3, 0.4) is 0 Å². The van der Waals surface area contributed by atoms with Crippen LogP contribution in [0.25, 0.3) is 0 Å². The fourth-order valence-electron chi connectivity index (χ4n) is 4.25. The van der Waals surface area contributed by atoms with Gasteiger partial charge in [0.25, 0.3) is 5.91 Å². The second-order valence-corrected chi connectivity index (χ2v) is 7.71. The smallest absolute Gasteiger partial charge is 0.325 e. The predicted molar refractivity (Wildman–Crippen MR) is 106 cm³/mol. The zero-order chi connectivity index (χ0) is 20.3. The second-order valence-electron chi connectivity index (χ2n) is 7.71. The van der Waals surface area contributed by atoms with E-state index < -0.39 is 5.54 Å². The third-order valence-corrected chi connectivity index (χ3v) is 5.75. The number of nitrogens with one attached hydrogen (secondary N) is 2. The molecular weight excluding hydrogens is 370 g/mol. The Bertz CT molecular complexity index is 873. The number of hydrogen-bond acceptors (Lipinski definition) is 4. The van der Waals surface area contributed by atoms with Crippen molar-refractivity contribution in [3.63, 3.8) is 0 Å². The molecule has 1 atom stereocenters. The minimum absolute atomic E-state index is 0.141. The summed E-state index contributed by atoms with van der Waals surface area (Å²) in [5.41, 5.74) is 0.227. The fraction of sp³-hybridized carbons (Fsp3) is 0.409. The van der Waals surface area contributed by atoms with Crippen molar-refractivity contribution < 1.29 is 18.8 Å². The van der Waals surface area contributed by atoms with E-state index in [1.54, 1.807) is 12.3 Å². The number of rotatable bonds is 7. The average molecular weight is 395 g/mol. The maximum Gasteiger partial charge on any atom is 0.325 e. The lowest BCUT2D eigenvalue weighted by molar-refractivity contribution is -0.131. The molecule has 2 aliphatic rings. The Morgan fingerprint density at radius 3 is 2.59 bits per heavy atom. The van der Waals surface area contributed by atoms with Crippen LogP contribution in [0.5, 0.6) is 0 Å². The number of nitrogens with zero attached hydrogens (tertiary/aromatic N) is 1. The molecule has 1 saturated heterocycles. The summed E-state index contributed by atoms with van der Waals surface area (Å²) in [6, 6.07) is 12.5. The summed E-state index contributed by atoms with van der Waals surface area (Å²) in [4.78, 5) is 38.7. The number of imide groups is 1. The molecular formula is C22H25N3O4. The molecule has 2 N–H and O–H groups in total. The van der Waals surface area contributed by atoms with Crippen LogP contribution >= 0.6 is 0 Å². The van der Waals surface area contributed by atoms with Gasteiger partial charge >= 0.3 is 6.03 Å². The number of furan rings is 1. The van der Waals surface area contributed by atoms with Crippen molar-refractivity contribution >= 4 is 17.8 Å². The van der Waals surface area contributed by atoms with Crippen LogP contribution in [0.4, 0.5) is 4.79 Å². The monoisotopic (exact) mass is 395 g/mol. The molecule has 4 rings (SSSR count). The predicted octanol–water partition coefficient (Wildman–Crippen LogP) is 3.13. The maximum absolute atomic E-state index is 12.7. The van der Waals surface area contributed by atoms with Crippen molar-refractivity contribution in [2.45, 2.75) is 50.1 Å². The van der Waals surface area contributed by atoms with Crippen molar-refractivity contribution in [2.75, 3.05) is 6.54 Å². The van der Waals surface area contributed by atoms with Gasteiger partial charge < -0.3 is 15.1 Å². The van der Waals surface area contributed by atoms with E-state index >= 15 is 0 Å². The largest absolute Gasteiger partial charge is 0.467 e. The van der Waals surface area contributed by atoms with Crippen molar-refractivity contribution in [3.05, 3.63) is 60.1 Å². The van der Waals surface area contributed by atoms with Gasteiger partial charge in [-0.15, -0.1) is 0 Å². The lowest BCUT2D eigenvalue weighted by Crippen LogP contribution is -2.44. The molecule has 1 aromatic heterocycles. The summed E-state index contributed by atoms with van der Waals surface area (Å²) < 4.78 is 5.50. The average Bonchev–Trinajstić information content (AvgIpc) is 3.46. The van der Waals surface area contributed by atoms with E-state index in [1.807, 2.05) is 36.4 Å². The lowest BCUT2D eigenvalue weighted by Gasteiger charge is -2.20. The molecule has 29 heavy (non-hydrogen) atoms. The van der Waals surface area contributed by atoms with Gasteiger partial charge in [0.15, 0.2) is 0 Å². The molecule has 1 aliphatic carbocycles. The molecule has 2 aromatic rings. The summed E-state index contributed by atoms with van der Waals surface area (Å²) >= 11 is 0. The van der Waals surface area contributed by atoms with Crippen LogP contribution in [0.1, 0.15) is 55.9 Å². The lowest BCUT2D eigenvalue weighted by atomic mass is 9.98. The number of hydrogen-bond donors (Lipinski definition) is 2. The normalized spacial score (nSPS) is 18.8. The highest BCUT2D eigenvalue weighted by Gasteiger charge is 2.52. The number of carbonyl (C=O) groups excluding carboxylic acids is 3. The molecule has 7 heteroatoms. The van der Waals surface area contributed by atoms with Crippen molar-refractivity contribution in [2.24, 2.45) is 0 Å². The van der Waals surface area contributed by atoms with Crippen LogP contribution in [0, 0.1) is 0 Å². The Balaban J connectivity index is 1.33. The molecule has 1 saturated carbocycles. The summed E-state index contributed by atoms with van der Waals surface area (Å²) in [5, 5.41) is 5.86. The van der Waals surface area contributed by atoms with E-state index in [1.165, 1.54) is 4.90 Å². The standard InChI is InChI=1S/C22H25N3O4/c26-18(23-19(17-10-7-15-29-17)16-8-2-1-3-9-16)11-6-14-25-20(27)22(24-21(25)28)12-4-5-13-22/h1-3,7-10,15,19H,4-6,11-14H2,(H,23,26)(H,24,28)/t19-/m1/s1. The van der Waals surface area contributed by atoms with E-state index in [2.05, 4.69) is 10.6 Å². The Morgan fingerprint density at radius 1 is 1.14 bits per heavy atom. The summed E-state index contributed by atoms with van der Waals surface area (Å²) in [6.07, 6.45) is 5.53. The van der Waals surface area contributed by atoms with Gasteiger partial charge in [0.2, 0.25) is 5.91 Å². The minimum Gasteiger partial charge on any atom is -0.467 e. The first-order chi connectivity index (χ1) is 14.1. The molecule has 1 aromatic carbocycles. The van der Waals surface area contributed by atoms with Crippen LogP contribution in [0.15, 0.2) is 53.1 Å². The van der Waals surface area contributed by atoms with Gasteiger partial charge in [-0.05, 0) is 37.0 Å². The third-order valence-electron chi connectivity index (χ3n) is 5.75. The Hall–Kier alpha value is -3.09. The number of carbonyl (C=O) groups is 3. The number of urea groups is 1. The Morgan fingerprint density at radius 2 is 1.90 bits per heavy atom. The number of benzene rings is 1. The maximum atomic E-state index is 12.7. The molecule has 4 amide bonds. The first-order valence-electron chi connectivity index (χ1n) is 10.1. The van der Waals surface area contributed by atoms with Gasteiger partial charge in [-0.2, -0.15) is 0 Å². The minimum atomic E-state index is -0.697. The molecule has 1 aliphatic heterocycles. The van der Waals surface area contributed by atoms with Gasteiger partial charge in [0.1, 0.15) is 17.3 Å². The van der Waals surface area contributed by atoms with E-state index in [-0.39, 0.29) is 36.9 Å². The van der Waals surface area contributed by atoms with E-state index in [0.29, 0.717) is 25.0 Å². The van der Waals surface area contributed by atoms with E-state index in [9.17, 15) is 14.4 Å². The zero-order valence-corrected chi connectivity index (χ0v) is 16.2. The SMILES string of the molecule is O=C(CCCN1C(=O)NC2(CCCC2)C1=O)N[C@H](c1ccccc1)c1ccco1. The molecule has 2 heterocycles. The zero-order valence-electron chi connectivity index (χ0n) is 16.2. The molecule has 2 fully saturated rings. The quantitative estimate of drug-likeness (QED) is 0.705. The molecule has 0 bridgehead atoms. The molecule has 7 nitrogen and oxygen atoms in total. The van der Waals surface area contributed by atoms with Crippen molar-refractivity contribution in [1.29, 1.82) is 0 Å². The summed E-state index contributed by atoms with van der Waals surface area (Å²) in [7, 11) is 0. The van der Waals surface area contributed by atoms with Gasteiger partial charge in [-0.25, -0.2) is 4.79 Å².